The van der Waals surface area contributed by atoms with E-state index in [4.69, 9.17) is 0 Å². The van der Waals surface area contributed by atoms with Crippen molar-refractivity contribution in [2.24, 2.45) is 5.92 Å². The second kappa shape index (κ2) is 4.72. The van der Waals surface area contributed by atoms with E-state index in [9.17, 15) is 4.79 Å². The van der Waals surface area contributed by atoms with Crippen LogP contribution in [0.5, 0.6) is 0 Å². The zero-order valence-electron chi connectivity index (χ0n) is 12.4. The first kappa shape index (κ1) is 13.3. The predicted octanol–water partition coefficient (Wildman–Crippen LogP) is 1.70. The zero-order chi connectivity index (χ0) is 14.3. The minimum Gasteiger partial charge on any atom is -0.355 e. The highest BCUT2D eigenvalue weighted by atomic mass is 16.2. The van der Waals surface area contributed by atoms with Gasteiger partial charge in [-0.05, 0) is 33.6 Å². The summed E-state index contributed by atoms with van der Waals surface area (Å²) in [6.07, 6.45) is 4.13. The number of rotatable bonds is 3. The van der Waals surface area contributed by atoms with Gasteiger partial charge in [0.25, 0.3) is 0 Å². The quantitative estimate of drug-likeness (QED) is 0.911. The third kappa shape index (κ3) is 2.92. The predicted molar refractivity (Wildman–Crippen MR) is 77.6 cm³/mol. The molecular formula is C15H22N4O. The summed E-state index contributed by atoms with van der Waals surface area (Å²) < 4.78 is 0. The summed E-state index contributed by atoms with van der Waals surface area (Å²) >= 11 is 0. The number of nitrogens with one attached hydrogen (secondary N) is 1. The highest BCUT2D eigenvalue weighted by Gasteiger charge is 2.35. The van der Waals surface area contributed by atoms with Gasteiger partial charge in [0.1, 0.15) is 12.1 Å². The van der Waals surface area contributed by atoms with E-state index in [0.717, 1.165) is 24.6 Å². The molecule has 0 aromatic carbocycles. The zero-order valence-corrected chi connectivity index (χ0v) is 12.4. The molecule has 2 fully saturated rings. The number of hydrogen-bond acceptors (Lipinski definition) is 4. The molecule has 0 bridgehead atoms. The van der Waals surface area contributed by atoms with Gasteiger partial charge in [0.2, 0.25) is 5.91 Å². The molecule has 0 radical (unpaired) electrons. The van der Waals surface area contributed by atoms with Crippen LogP contribution in [0.3, 0.4) is 0 Å². The number of aromatic nitrogens is 2. The van der Waals surface area contributed by atoms with Gasteiger partial charge < -0.3 is 10.2 Å². The monoisotopic (exact) mass is 274 g/mol. The van der Waals surface area contributed by atoms with E-state index in [0.29, 0.717) is 5.92 Å². The van der Waals surface area contributed by atoms with Crippen LogP contribution in [-0.4, -0.2) is 34.5 Å². The summed E-state index contributed by atoms with van der Waals surface area (Å²) in [7, 11) is 0. The Labute approximate surface area is 119 Å². The van der Waals surface area contributed by atoms with Crippen LogP contribution in [-0.2, 0) is 4.79 Å². The molecule has 1 aliphatic heterocycles. The maximum absolute atomic E-state index is 12.0. The van der Waals surface area contributed by atoms with Gasteiger partial charge in [-0.25, -0.2) is 9.97 Å². The number of hydrogen-bond donors (Lipinski definition) is 1. The fourth-order valence-electron chi connectivity index (χ4n) is 2.44. The summed E-state index contributed by atoms with van der Waals surface area (Å²) in [5, 5.41) is 3.03. The van der Waals surface area contributed by atoms with Gasteiger partial charge in [-0.3, -0.25) is 4.79 Å². The minimum atomic E-state index is -0.161. The number of nitrogens with zero attached hydrogens (tertiary/aromatic N) is 3. The van der Waals surface area contributed by atoms with Crippen molar-refractivity contribution in [1.29, 1.82) is 0 Å². The van der Waals surface area contributed by atoms with Crippen LogP contribution in [0.25, 0.3) is 0 Å². The molecule has 0 unspecified atom stereocenters. The first-order valence-electron chi connectivity index (χ1n) is 7.31. The summed E-state index contributed by atoms with van der Waals surface area (Å²) in [6.45, 7) is 7.53. The fourth-order valence-corrected chi connectivity index (χ4v) is 2.44. The van der Waals surface area contributed by atoms with Crippen molar-refractivity contribution in [1.82, 2.24) is 15.3 Å². The maximum Gasteiger partial charge on any atom is 0.227 e. The molecule has 3 rings (SSSR count). The van der Waals surface area contributed by atoms with Crippen LogP contribution >= 0.6 is 0 Å². The summed E-state index contributed by atoms with van der Waals surface area (Å²) in [4.78, 5) is 22.8. The Morgan fingerprint density at radius 1 is 1.30 bits per heavy atom. The molecule has 0 spiro atoms. The largest absolute Gasteiger partial charge is 0.355 e. The van der Waals surface area contributed by atoms with Crippen molar-refractivity contribution in [3.8, 4) is 0 Å². The van der Waals surface area contributed by atoms with Gasteiger partial charge in [-0.1, -0.05) is 0 Å². The van der Waals surface area contributed by atoms with Gasteiger partial charge in [0.05, 0.1) is 5.92 Å². The van der Waals surface area contributed by atoms with Gasteiger partial charge >= 0.3 is 0 Å². The lowest BCUT2D eigenvalue weighted by molar-refractivity contribution is -0.127. The SMILES string of the molecule is CC(C)(C)NC(=O)C1CN(c2cc(C3CC3)ncn2)C1. The molecule has 2 aliphatic rings. The first-order valence-corrected chi connectivity index (χ1v) is 7.31. The molecule has 5 heteroatoms. The third-order valence-corrected chi connectivity index (χ3v) is 3.74. The second-order valence-corrected chi connectivity index (χ2v) is 6.92. The van der Waals surface area contributed by atoms with E-state index in [2.05, 4.69) is 26.3 Å². The van der Waals surface area contributed by atoms with E-state index in [1.165, 1.54) is 12.8 Å². The second-order valence-electron chi connectivity index (χ2n) is 6.92. The van der Waals surface area contributed by atoms with Crippen molar-refractivity contribution in [3.63, 3.8) is 0 Å². The molecule has 0 atom stereocenters. The maximum atomic E-state index is 12.0. The standard InChI is InChI=1S/C15H22N4O/c1-15(2,3)18-14(20)11-7-19(8-11)13-6-12(10-4-5-10)16-9-17-13/h6,9-11H,4-5,7-8H2,1-3H3,(H,18,20). The normalized spacial score (nSPS) is 19.6. The van der Waals surface area contributed by atoms with Crippen LogP contribution in [0.2, 0.25) is 0 Å². The average molecular weight is 274 g/mol. The Morgan fingerprint density at radius 3 is 2.60 bits per heavy atom. The van der Waals surface area contributed by atoms with E-state index >= 15 is 0 Å². The van der Waals surface area contributed by atoms with Crippen LogP contribution in [0.15, 0.2) is 12.4 Å². The molecule has 5 nitrogen and oxygen atoms in total. The molecule has 1 aliphatic carbocycles. The highest BCUT2D eigenvalue weighted by molar-refractivity contribution is 5.82. The Hall–Kier alpha value is -1.65. The first-order chi connectivity index (χ1) is 9.42. The van der Waals surface area contributed by atoms with Gasteiger partial charge in [-0.15, -0.1) is 0 Å². The van der Waals surface area contributed by atoms with Crippen LogP contribution in [0.1, 0.15) is 45.2 Å². The lowest BCUT2D eigenvalue weighted by Crippen LogP contribution is -2.56. The molecule has 1 amide bonds. The molecule has 20 heavy (non-hydrogen) atoms. The van der Waals surface area contributed by atoms with E-state index in [-0.39, 0.29) is 17.4 Å². The summed E-state index contributed by atoms with van der Waals surface area (Å²) in [6, 6.07) is 2.08. The Kier molecular flexibility index (Phi) is 3.15. The molecular weight excluding hydrogens is 252 g/mol. The van der Waals surface area contributed by atoms with Crippen LogP contribution in [0, 0.1) is 5.92 Å². The average Bonchev–Trinajstić information content (AvgIpc) is 3.08. The Morgan fingerprint density at radius 2 is 2.00 bits per heavy atom. The number of anilines is 1. The van der Waals surface area contributed by atoms with Gasteiger partial charge in [-0.2, -0.15) is 0 Å². The van der Waals surface area contributed by atoms with Crippen molar-refractivity contribution < 1.29 is 4.79 Å². The molecule has 1 N–H and O–H groups in total. The molecule has 1 saturated heterocycles. The van der Waals surface area contributed by atoms with E-state index in [1.807, 2.05) is 20.8 Å². The smallest absolute Gasteiger partial charge is 0.227 e. The van der Waals surface area contributed by atoms with Gasteiger partial charge in [0.15, 0.2) is 0 Å². The van der Waals surface area contributed by atoms with Crippen molar-refractivity contribution in [3.05, 3.63) is 18.1 Å². The molecule has 2 heterocycles. The third-order valence-electron chi connectivity index (χ3n) is 3.74. The van der Waals surface area contributed by atoms with Crippen LogP contribution in [0.4, 0.5) is 5.82 Å². The fraction of sp³-hybridized carbons (Fsp3) is 0.667. The minimum absolute atomic E-state index is 0.0774. The lowest BCUT2D eigenvalue weighted by atomic mass is 9.97. The number of carbonyl (C=O) groups is 1. The molecule has 108 valence electrons. The van der Waals surface area contributed by atoms with Crippen LogP contribution < -0.4 is 10.2 Å². The number of amides is 1. The molecule has 1 aromatic heterocycles. The van der Waals surface area contributed by atoms with E-state index < -0.39 is 0 Å². The summed E-state index contributed by atoms with van der Waals surface area (Å²) in [5.41, 5.74) is 0.989. The topological polar surface area (TPSA) is 58.1 Å². The Bertz CT molecular complexity index is 513. The van der Waals surface area contributed by atoms with Crippen molar-refractivity contribution in [2.75, 3.05) is 18.0 Å². The van der Waals surface area contributed by atoms with Crippen molar-refractivity contribution in [2.45, 2.75) is 45.1 Å². The van der Waals surface area contributed by atoms with Gasteiger partial charge in [0, 0.05) is 36.3 Å². The molecule has 1 aromatic rings. The number of carbonyl (C=O) groups excluding carboxylic acids is 1. The molecule has 1 saturated carbocycles. The van der Waals surface area contributed by atoms with Crippen molar-refractivity contribution >= 4 is 11.7 Å². The Balaban J connectivity index is 1.57. The highest BCUT2D eigenvalue weighted by Crippen LogP contribution is 2.39. The van der Waals surface area contributed by atoms with E-state index in [1.54, 1.807) is 6.33 Å². The lowest BCUT2D eigenvalue weighted by Gasteiger charge is -2.40. The summed E-state index contributed by atoms with van der Waals surface area (Å²) in [5.74, 6) is 1.82.